The lowest BCUT2D eigenvalue weighted by atomic mass is 10.1. The molecule has 0 saturated carbocycles. The summed E-state index contributed by atoms with van der Waals surface area (Å²) in [6.07, 6.45) is -4.58. The predicted octanol–water partition coefficient (Wildman–Crippen LogP) is 3.60. The molecule has 0 aliphatic carbocycles. The number of anilines is 1. The topological polar surface area (TPSA) is 81.2 Å². The second-order valence-corrected chi connectivity index (χ2v) is 5.93. The second kappa shape index (κ2) is 7.18. The number of hydrogen-bond donors (Lipinski definition) is 1. The minimum absolute atomic E-state index is 0.0152. The van der Waals surface area contributed by atoms with Gasteiger partial charge < -0.3 is 4.74 Å². The van der Waals surface area contributed by atoms with E-state index in [1.807, 2.05) is 0 Å². The van der Waals surface area contributed by atoms with E-state index in [1.165, 1.54) is 6.92 Å². The number of nitrogens with one attached hydrogen (secondary N) is 1. The maximum Gasteiger partial charge on any atom is 0.433 e. The molecule has 0 spiro atoms. The molecule has 2 rings (SSSR count). The van der Waals surface area contributed by atoms with Gasteiger partial charge in [0, 0.05) is 0 Å². The third-order valence-electron chi connectivity index (χ3n) is 3.10. The van der Waals surface area contributed by atoms with E-state index in [0.29, 0.717) is 5.69 Å². The predicted molar refractivity (Wildman–Crippen MR) is 84.7 cm³/mol. The molecule has 0 radical (unpaired) electrons. The summed E-state index contributed by atoms with van der Waals surface area (Å²) in [4.78, 5) is 31.7. The highest BCUT2D eigenvalue weighted by atomic mass is 32.1. The molecule has 0 aromatic carbocycles. The van der Waals surface area contributed by atoms with Crippen molar-refractivity contribution >= 4 is 28.3 Å². The highest BCUT2D eigenvalue weighted by Gasteiger charge is 2.33. The molecule has 0 unspecified atom stereocenters. The molecule has 6 nitrogen and oxygen atoms in total. The van der Waals surface area contributed by atoms with Gasteiger partial charge in [0.25, 0.3) is 5.91 Å². The number of alkyl halides is 3. The summed E-state index contributed by atoms with van der Waals surface area (Å²) < 4.78 is 42.7. The Hall–Kier alpha value is -2.49. The van der Waals surface area contributed by atoms with E-state index in [2.05, 4.69) is 15.3 Å². The number of nitrogens with zero attached hydrogens (tertiary/aromatic N) is 2. The van der Waals surface area contributed by atoms with Gasteiger partial charge in [-0.1, -0.05) is 11.3 Å². The van der Waals surface area contributed by atoms with Crippen molar-refractivity contribution in [3.05, 3.63) is 39.7 Å². The first-order valence-electron chi connectivity index (χ1n) is 7.14. The Morgan fingerprint density at radius 2 is 1.88 bits per heavy atom. The molecular weight excluding hydrogens is 359 g/mol. The molecule has 0 atom stereocenters. The number of esters is 1. The molecule has 0 bridgehead atoms. The van der Waals surface area contributed by atoms with Gasteiger partial charge in [-0.2, -0.15) is 13.2 Å². The fourth-order valence-corrected chi connectivity index (χ4v) is 2.81. The first-order valence-corrected chi connectivity index (χ1v) is 7.95. The van der Waals surface area contributed by atoms with Gasteiger partial charge in [-0.05, 0) is 32.9 Å². The maximum atomic E-state index is 12.6. The van der Waals surface area contributed by atoms with Gasteiger partial charge in [-0.25, -0.2) is 14.8 Å². The third kappa shape index (κ3) is 4.32. The van der Waals surface area contributed by atoms with Crippen LogP contribution in [-0.2, 0) is 10.9 Å². The van der Waals surface area contributed by atoms with Gasteiger partial charge in [0.05, 0.1) is 23.6 Å². The first-order chi connectivity index (χ1) is 11.6. The van der Waals surface area contributed by atoms with Crippen LogP contribution >= 0.6 is 11.3 Å². The number of rotatable bonds is 4. The second-order valence-electron chi connectivity index (χ2n) is 4.94. The number of carbonyl (C=O) groups is 2. The monoisotopic (exact) mass is 373 g/mol. The number of amides is 1. The van der Waals surface area contributed by atoms with Gasteiger partial charge in [0.2, 0.25) is 0 Å². The Morgan fingerprint density at radius 1 is 1.20 bits per heavy atom. The molecule has 0 fully saturated rings. The van der Waals surface area contributed by atoms with Gasteiger partial charge in [-0.15, -0.1) is 0 Å². The summed E-state index contributed by atoms with van der Waals surface area (Å²) >= 11 is 0.926. The van der Waals surface area contributed by atoms with E-state index in [4.69, 9.17) is 4.74 Å². The number of aromatic nitrogens is 2. The smallest absolute Gasteiger partial charge is 0.433 e. The fraction of sp³-hybridized carbons (Fsp3) is 0.333. The van der Waals surface area contributed by atoms with Crippen LogP contribution in [0.4, 0.5) is 18.3 Å². The van der Waals surface area contributed by atoms with E-state index in [9.17, 15) is 22.8 Å². The quantitative estimate of drug-likeness (QED) is 0.828. The number of ether oxygens (including phenoxy) is 1. The number of hydrogen-bond acceptors (Lipinski definition) is 6. The van der Waals surface area contributed by atoms with E-state index in [0.717, 1.165) is 23.5 Å². The largest absolute Gasteiger partial charge is 0.462 e. The van der Waals surface area contributed by atoms with Crippen LogP contribution in [0.3, 0.4) is 0 Å². The van der Waals surface area contributed by atoms with Crippen LogP contribution < -0.4 is 5.32 Å². The Bertz CT molecular complexity index is 818. The lowest BCUT2D eigenvalue weighted by molar-refractivity contribution is -0.141. The highest BCUT2D eigenvalue weighted by Crippen LogP contribution is 2.29. The molecule has 1 amide bonds. The standard InChI is InChI=1S/C15H14F3N3O3S/c1-4-24-13(23)11-8(3)20-14(25-11)21-12(22)9-5-6-10(15(16,17)18)19-7(9)2/h5-6H,4H2,1-3H3,(H,20,21,22). The molecular formula is C15H14F3N3O3S. The molecule has 2 aromatic rings. The molecule has 0 aliphatic rings. The van der Waals surface area contributed by atoms with E-state index >= 15 is 0 Å². The molecule has 2 heterocycles. The lowest BCUT2D eigenvalue weighted by Gasteiger charge is -2.09. The SMILES string of the molecule is CCOC(=O)c1sc(NC(=O)c2ccc(C(F)(F)F)nc2C)nc1C. The number of aryl methyl sites for hydroxylation is 2. The summed E-state index contributed by atoms with van der Waals surface area (Å²) in [7, 11) is 0. The van der Waals surface area contributed by atoms with Crippen molar-refractivity contribution < 1.29 is 27.5 Å². The van der Waals surface area contributed by atoms with Crippen molar-refractivity contribution in [3.63, 3.8) is 0 Å². The van der Waals surface area contributed by atoms with Crippen LogP contribution in [0, 0.1) is 13.8 Å². The molecule has 0 saturated heterocycles. The van der Waals surface area contributed by atoms with Crippen LogP contribution in [0.2, 0.25) is 0 Å². The van der Waals surface area contributed by atoms with Crippen LogP contribution in [0.25, 0.3) is 0 Å². The first kappa shape index (κ1) is 18.8. The van der Waals surface area contributed by atoms with Crippen molar-refractivity contribution in [2.24, 2.45) is 0 Å². The molecule has 134 valence electrons. The zero-order valence-electron chi connectivity index (χ0n) is 13.5. The summed E-state index contributed by atoms with van der Waals surface area (Å²) in [5.74, 6) is -1.21. The molecule has 2 aromatic heterocycles. The van der Waals surface area contributed by atoms with Gasteiger partial charge in [0.15, 0.2) is 5.13 Å². The van der Waals surface area contributed by atoms with Crippen LogP contribution in [0.1, 0.15) is 44.0 Å². The van der Waals surface area contributed by atoms with Crippen molar-refractivity contribution in [2.45, 2.75) is 26.9 Å². The minimum Gasteiger partial charge on any atom is -0.462 e. The fourth-order valence-electron chi connectivity index (χ4n) is 1.96. The average Bonchev–Trinajstić information content (AvgIpc) is 2.86. The number of halogens is 3. The summed E-state index contributed by atoms with van der Waals surface area (Å²) in [5.41, 5.74) is -0.762. The van der Waals surface area contributed by atoms with Gasteiger partial charge in [-0.3, -0.25) is 10.1 Å². The summed E-state index contributed by atoms with van der Waals surface area (Å²) in [6, 6.07) is 1.78. The summed E-state index contributed by atoms with van der Waals surface area (Å²) in [6.45, 7) is 4.76. The lowest BCUT2D eigenvalue weighted by Crippen LogP contribution is -2.16. The maximum absolute atomic E-state index is 12.6. The van der Waals surface area contributed by atoms with Crippen molar-refractivity contribution in [3.8, 4) is 0 Å². The Morgan fingerprint density at radius 3 is 2.44 bits per heavy atom. The Labute approximate surface area is 145 Å². The Kier molecular flexibility index (Phi) is 5.41. The molecule has 1 N–H and O–H groups in total. The number of carbonyl (C=O) groups excluding carboxylic acids is 2. The zero-order valence-corrected chi connectivity index (χ0v) is 14.3. The molecule has 10 heteroatoms. The highest BCUT2D eigenvalue weighted by molar-refractivity contribution is 7.17. The zero-order chi connectivity index (χ0) is 18.8. The van der Waals surface area contributed by atoms with Crippen molar-refractivity contribution in [1.29, 1.82) is 0 Å². The molecule has 0 aliphatic heterocycles. The van der Waals surface area contributed by atoms with Crippen molar-refractivity contribution in [2.75, 3.05) is 11.9 Å². The van der Waals surface area contributed by atoms with Gasteiger partial charge in [0.1, 0.15) is 10.6 Å². The Balaban J connectivity index is 2.20. The van der Waals surface area contributed by atoms with Crippen LogP contribution in [-0.4, -0.2) is 28.5 Å². The minimum atomic E-state index is -4.58. The third-order valence-corrected chi connectivity index (χ3v) is 4.15. The van der Waals surface area contributed by atoms with E-state index in [1.54, 1.807) is 13.8 Å². The average molecular weight is 373 g/mol. The van der Waals surface area contributed by atoms with Crippen LogP contribution in [0.5, 0.6) is 0 Å². The van der Waals surface area contributed by atoms with Gasteiger partial charge >= 0.3 is 12.1 Å². The van der Waals surface area contributed by atoms with Crippen molar-refractivity contribution in [1.82, 2.24) is 9.97 Å². The number of thiazole rings is 1. The number of pyridine rings is 1. The van der Waals surface area contributed by atoms with E-state index < -0.39 is 23.7 Å². The molecule has 25 heavy (non-hydrogen) atoms. The summed E-state index contributed by atoms with van der Waals surface area (Å²) in [5, 5.41) is 2.60. The normalized spacial score (nSPS) is 11.3. The van der Waals surface area contributed by atoms with E-state index in [-0.39, 0.29) is 27.9 Å². The van der Waals surface area contributed by atoms with Crippen LogP contribution in [0.15, 0.2) is 12.1 Å².